The molecule has 9 heteroatoms. The third-order valence-electron chi connectivity index (χ3n) is 3.33. The number of aliphatic hydroxyl groups is 3. The van der Waals surface area contributed by atoms with Gasteiger partial charge in [-0.25, -0.2) is 9.18 Å². The van der Waals surface area contributed by atoms with Crippen LogP contribution in [0.5, 0.6) is 0 Å². The SMILES string of the molecule is O=c1[nH]c(=O)n([C@H]2C(O)C(O)[C@@H](CO)[C@H]2F)cc1I. The van der Waals surface area contributed by atoms with Gasteiger partial charge >= 0.3 is 5.69 Å². The largest absolute Gasteiger partial charge is 0.396 e. The van der Waals surface area contributed by atoms with Crippen LogP contribution in [0.25, 0.3) is 0 Å². The van der Waals surface area contributed by atoms with Gasteiger partial charge < -0.3 is 15.3 Å². The first-order valence-electron chi connectivity index (χ1n) is 5.50. The second kappa shape index (κ2) is 5.31. The fraction of sp³-hybridized carbons (Fsp3) is 0.600. The highest BCUT2D eigenvalue weighted by atomic mass is 127. The molecular weight excluding hydrogens is 374 g/mol. The summed E-state index contributed by atoms with van der Waals surface area (Å²) in [6.07, 6.45) is -3.68. The van der Waals surface area contributed by atoms with E-state index in [0.29, 0.717) is 0 Å². The molecule has 2 rings (SSSR count). The lowest BCUT2D eigenvalue weighted by atomic mass is 10.1. The van der Waals surface area contributed by atoms with E-state index < -0.39 is 48.2 Å². The van der Waals surface area contributed by atoms with E-state index in [4.69, 9.17) is 5.11 Å². The Labute approximate surface area is 119 Å². The molecule has 5 atom stereocenters. The van der Waals surface area contributed by atoms with Gasteiger partial charge in [0.15, 0.2) is 0 Å². The summed E-state index contributed by atoms with van der Waals surface area (Å²) >= 11 is 1.67. The first kappa shape index (κ1) is 14.6. The van der Waals surface area contributed by atoms with Gasteiger partial charge in [0, 0.05) is 12.1 Å². The maximum atomic E-state index is 14.1. The Balaban J connectivity index is 2.50. The number of alkyl halides is 1. The normalized spacial score (nSPS) is 34.7. The van der Waals surface area contributed by atoms with Crippen LogP contribution in [0, 0.1) is 9.49 Å². The van der Waals surface area contributed by atoms with Crippen molar-refractivity contribution in [2.24, 2.45) is 5.92 Å². The summed E-state index contributed by atoms with van der Waals surface area (Å²) < 4.78 is 15.1. The molecule has 0 bridgehead atoms. The van der Waals surface area contributed by atoms with Gasteiger partial charge in [0.2, 0.25) is 0 Å². The number of aromatic nitrogens is 2. The molecule has 19 heavy (non-hydrogen) atoms. The molecule has 0 aromatic carbocycles. The van der Waals surface area contributed by atoms with Gasteiger partial charge in [0.25, 0.3) is 5.56 Å². The van der Waals surface area contributed by atoms with Gasteiger partial charge in [-0.3, -0.25) is 14.3 Å². The van der Waals surface area contributed by atoms with E-state index in [1.807, 2.05) is 4.98 Å². The smallest absolute Gasteiger partial charge is 0.328 e. The predicted molar refractivity (Wildman–Crippen MR) is 70.6 cm³/mol. The van der Waals surface area contributed by atoms with Crippen molar-refractivity contribution in [3.05, 3.63) is 30.6 Å². The summed E-state index contributed by atoms with van der Waals surface area (Å²) in [5.41, 5.74) is -1.48. The zero-order valence-corrected chi connectivity index (χ0v) is 11.7. The molecule has 0 amide bonds. The molecule has 1 aliphatic carbocycles. The number of aromatic amines is 1. The van der Waals surface area contributed by atoms with Crippen LogP contribution < -0.4 is 11.2 Å². The maximum absolute atomic E-state index is 14.1. The van der Waals surface area contributed by atoms with E-state index in [1.54, 1.807) is 22.6 Å². The molecule has 0 spiro atoms. The lowest BCUT2D eigenvalue weighted by Gasteiger charge is -2.20. The van der Waals surface area contributed by atoms with Gasteiger partial charge in [-0.05, 0) is 22.6 Å². The molecule has 1 aromatic heterocycles. The van der Waals surface area contributed by atoms with Crippen molar-refractivity contribution in [3.63, 3.8) is 0 Å². The second-order valence-electron chi connectivity index (χ2n) is 4.41. The molecule has 1 heterocycles. The van der Waals surface area contributed by atoms with Gasteiger partial charge in [-0.2, -0.15) is 0 Å². The van der Waals surface area contributed by atoms with Crippen molar-refractivity contribution in [2.75, 3.05) is 6.61 Å². The van der Waals surface area contributed by atoms with Crippen LogP contribution in [0.4, 0.5) is 4.39 Å². The molecule has 1 saturated carbocycles. The van der Waals surface area contributed by atoms with E-state index in [1.165, 1.54) is 0 Å². The lowest BCUT2D eigenvalue weighted by Crippen LogP contribution is -2.39. The minimum absolute atomic E-state index is 0.151. The van der Waals surface area contributed by atoms with Crippen molar-refractivity contribution >= 4 is 22.6 Å². The summed E-state index contributed by atoms with van der Waals surface area (Å²) in [6.45, 7) is -0.648. The molecule has 0 saturated heterocycles. The number of hydrogen-bond donors (Lipinski definition) is 4. The molecule has 7 nitrogen and oxygen atoms in total. The van der Waals surface area contributed by atoms with E-state index in [-0.39, 0.29) is 3.57 Å². The third kappa shape index (κ3) is 2.35. The van der Waals surface area contributed by atoms with Gasteiger partial charge in [-0.1, -0.05) is 0 Å². The average Bonchev–Trinajstić information content (AvgIpc) is 2.56. The third-order valence-corrected chi connectivity index (χ3v) is 4.10. The molecule has 1 aliphatic rings. The highest BCUT2D eigenvalue weighted by Gasteiger charge is 2.51. The summed E-state index contributed by atoms with van der Waals surface area (Å²) in [4.78, 5) is 24.9. The van der Waals surface area contributed by atoms with Gasteiger partial charge in [-0.15, -0.1) is 0 Å². The van der Waals surface area contributed by atoms with Crippen molar-refractivity contribution in [3.8, 4) is 0 Å². The van der Waals surface area contributed by atoms with E-state index in [0.717, 1.165) is 10.8 Å². The topological polar surface area (TPSA) is 116 Å². The summed E-state index contributed by atoms with van der Waals surface area (Å²) in [5.74, 6) is -1.17. The van der Waals surface area contributed by atoms with Crippen molar-refractivity contribution in [1.82, 2.24) is 9.55 Å². The van der Waals surface area contributed by atoms with Crippen LogP contribution in [0.15, 0.2) is 15.8 Å². The van der Waals surface area contributed by atoms with Crippen molar-refractivity contribution in [2.45, 2.75) is 24.4 Å². The molecule has 4 N–H and O–H groups in total. The van der Waals surface area contributed by atoms with Crippen LogP contribution in [-0.4, -0.2) is 49.9 Å². The van der Waals surface area contributed by atoms with Crippen molar-refractivity contribution < 1.29 is 19.7 Å². The number of halogens is 2. The number of nitrogens with one attached hydrogen (secondary N) is 1. The zero-order valence-electron chi connectivity index (χ0n) is 9.53. The first-order chi connectivity index (χ1) is 8.88. The number of aliphatic hydroxyl groups excluding tert-OH is 3. The summed E-state index contributed by atoms with van der Waals surface area (Å²) in [7, 11) is 0. The Bertz CT molecular complexity index is 588. The number of rotatable bonds is 2. The minimum atomic E-state index is -1.80. The predicted octanol–water partition coefficient (Wildman–Crippen LogP) is -1.64. The van der Waals surface area contributed by atoms with E-state index >= 15 is 0 Å². The Morgan fingerprint density at radius 3 is 2.53 bits per heavy atom. The molecule has 1 fully saturated rings. The minimum Gasteiger partial charge on any atom is -0.396 e. The number of H-pyrrole nitrogens is 1. The fourth-order valence-corrected chi connectivity index (χ4v) is 2.73. The monoisotopic (exact) mass is 386 g/mol. The second-order valence-corrected chi connectivity index (χ2v) is 5.57. The Morgan fingerprint density at radius 2 is 2.00 bits per heavy atom. The Morgan fingerprint density at radius 1 is 1.37 bits per heavy atom. The lowest BCUT2D eigenvalue weighted by molar-refractivity contribution is -0.00563. The van der Waals surface area contributed by atoms with E-state index in [9.17, 15) is 24.2 Å². The standard InChI is InChI=1S/C10H12FIN2O5/c11-5-3(2-15)7(16)8(17)6(5)14-1-4(12)9(18)13-10(14)19/h1,3,5-8,15-17H,2H2,(H,13,18,19)/t3-,5+,6+,7?,8?/m0/s1. The Hall–Kier alpha value is -0.780. The van der Waals surface area contributed by atoms with Crippen LogP contribution in [0.3, 0.4) is 0 Å². The molecule has 0 radical (unpaired) electrons. The molecule has 1 aromatic rings. The van der Waals surface area contributed by atoms with Crippen molar-refractivity contribution in [1.29, 1.82) is 0 Å². The maximum Gasteiger partial charge on any atom is 0.328 e. The molecule has 106 valence electrons. The van der Waals surface area contributed by atoms with E-state index in [2.05, 4.69) is 0 Å². The molecule has 0 aliphatic heterocycles. The summed E-state index contributed by atoms with van der Waals surface area (Å²) in [5, 5.41) is 28.4. The zero-order chi connectivity index (χ0) is 14.3. The van der Waals surface area contributed by atoms with Crippen LogP contribution in [0.1, 0.15) is 6.04 Å². The number of hydrogen-bond acceptors (Lipinski definition) is 5. The van der Waals surface area contributed by atoms with Gasteiger partial charge in [0.05, 0.1) is 22.3 Å². The van der Waals surface area contributed by atoms with Crippen LogP contribution in [0.2, 0.25) is 0 Å². The molecular formula is C10H12FIN2O5. The quantitative estimate of drug-likeness (QED) is 0.456. The first-order valence-corrected chi connectivity index (χ1v) is 6.58. The highest BCUT2D eigenvalue weighted by Crippen LogP contribution is 2.37. The highest BCUT2D eigenvalue weighted by molar-refractivity contribution is 14.1. The van der Waals surface area contributed by atoms with Gasteiger partial charge in [0.1, 0.15) is 12.3 Å². The molecule has 2 unspecified atom stereocenters. The Kier molecular flexibility index (Phi) is 4.08. The number of nitrogens with zero attached hydrogens (tertiary/aromatic N) is 1. The fourth-order valence-electron chi connectivity index (χ4n) is 2.29. The van der Waals surface area contributed by atoms with Crippen LogP contribution in [-0.2, 0) is 0 Å². The summed E-state index contributed by atoms with van der Waals surface area (Å²) in [6, 6.07) is -1.34. The van der Waals surface area contributed by atoms with Crippen LogP contribution >= 0.6 is 22.6 Å². The average molecular weight is 386 g/mol.